The molecule has 1 fully saturated rings. The van der Waals surface area contributed by atoms with Crippen molar-refractivity contribution in [3.05, 3.63) is 29.3 Å². The number of amides is 1. The Balaban J connectivity index is 1.66. The minimum atomic E-state index is 0.184. The van der Waals surface area contributed by atoms with Crippen molar-refractivity contribution in [1.82, 2.24) is 19.7 Å². The van der Waals surface area contributed by atoms with Crippen LogP contribution in [0.15, 0.2) is 29.4 Å². The summed E-state index contributed by atoms with van der Waals surface area (Å²) in [6.07, 6.45) is 3.42. The molecule has 1 aliphatic heterocycles. The molecule has 1 atom stereocenters. The first-order valence-corrected chi connectivity index (χ1v) is 9.50. The van der Waals surface area contributed by atoms with Gasteiger partial charge in [-0.15, -0.1) is 10.2 Å². The topological polar surface area (TPSA) is 51.0 Å². The van der Waals surface area contributed by atoms with E-state index in [-0.39, 0.29) is 5.91 Å². The average molecular weight is 365 g/mol. The Bertz CT molecular complexity index is 716. The van der Waals surface area contributed by atoms with Crippen LogP contribution in [0.25, 0.3) is 11.4 Å². The third-order valence-corrected chi connectivity index (χ3v) is 5.64. The summed E-state index contributed by atoms with van der Waals surface area (Å²) in [6, 6.07) is 7.85. The summed E-state index contributed by atoms with van der Waals surface area (Å²) < 4.78 is 1.92. The standard InChI is InChI=1S/C17H21ClN4OS/c1-12-5-3-4-10-22(12)15(23)11-24-17-20-19-16(21(17)2)13-6-8-14(18)9-7-13/h6-9,12H,3-5,10-11H2,1-2H3. The first-order chi connectivity index (χ1) is 11.6. The number of nitrogens with zero attached hydrogens (tertiary/aromatic N) is 4. The molecule has 1 aromatic heterocycles. The van der Waals surface area contributed by atoms with Gasteiger partial charge >= 0.3 is 0 Å². The summed E-state index contributed by atoms with van der Waals surface area (Å²) in [7, 11) is 1.92. The Kier molecular flexibility index (Phi) is 5.46. The summed E-state index contributed by atoms with van der Waals surface area (Å²) in [5.74, 6) is 1.35. The molecule has 7 heteroatoms. The van der Waals surface area contributed by atoms with E-state index in [0.717, 1.165) is 35.9 Å². The van der Waals surface area contributed by atoms with Gasteiger partial charge in [-0.2, -0.15) is 0 Å². The van der Waals surface area contributed by atoms with Gasteiger partial charge in [0.2, 0.25) is 5.91 Å². The molecule has 0 bridgehead atoms. The van der Waals surface area contributed by atoms with Crippen molar-refractivity contribution in [3.8, 4) is 11.4 Å². The summed E-state index contributed by atoms with van der Waals surface area (Å²) >= 11 is 7.37. The van der Waals surface area contributed by atoms with E-state index in [9.17, 15) is 4.79 Å². The number of benzene rings is 1. The van der Waals surface area contributed by atoms with E-state index in [1.54, 1.807) is 0 Å². The number of likely N-dealkylation sites (tertiary alicyclic amines) is 1. The van der Waals surface area contributed by atoms with Gasteiger partial charge < -0.3 is 9.47 Å². The van der Waals surface area contributed by atoms with Crippen LogP contribution in [0.3, 0.4) is 0 Å². The van der Waals surface area contributed by atoms with Gasteiger partial charge in [0, 0.05) is 30.2 Å². The van der Waals surface area contributed by atoms with E-state index in [0.29, 0.717) is 16.8 Å². The highest BCUT2D eigenvalue weighted by Crippen LogP contribution is 2.25. The van der Waals surface area contributed by atoms with Gasteiger partial charge in [0.05, 0.1) is 5.75 Å². The molecule has 1 unspecified atom stereocenters. The summed E-state index contributed by atoms with van der Waals surface area (Å²) in [5.41, 5.74) is 0.956. The van der Waals surface area contributed by atoms with Crippen LogP contribution in [0.4, 0.5) is 0 Å². The molecule has 0 saturated carbocycles. The van der Waals surface area contributed by atoms with E-state index in [4.69, 9.17) is 11.6 Å². The van der Waals surface area contributed by atoms with E-state index in [1.807, 2.05) is 40.8 Å². The predicted molar refractivity (Wildman–Crippen MR) is 97.2 cm³/mol. The van der Waals surface area contributed by atoms with Crippen LogP contribution in [0, 0.1) is 0 Å². The second-order valence-electron chi connectivity index (χ2n) is 6.09. The number of rotatable bonds is 4. The molecule has 24 heavy (non-hydrogen) atoms. The van der Waals surface area contributed by atoms with Crippen LogP contribution >= 0.6 is 23.4 Å². The molecule has 0 N–H and O–H groups in total. The number of thioether (sulfide) groups is 1. The molecule has 3 rings (SSSR count). The fourth-order valence-electron chi connectivity index (χ4n) is 2.97. The Hall–Kier alpha value is -1.53. The molecule has 1 saturated heterocycles. The van der Waals surface area contributed by atoms with Gasteiger partial charge in [-0.05, 0) is 50.5 Å². The molecular weight excluding hydrogens is 344 g/mol. The number of carbonyl (C=O) groups excluding carboxylic acids is 1. The fourth-order valence-corrected chi connectivity index (χ4v) is 3.89. The van der Waals surface area contributed by atoms with Crippen molar-refractivity contribution in [2.75, 3.05) is 12.3 Å². The van der Waals surface area contributed by atoms with Crippen molar-refractivity contribution in [3.63, 3.8) is 0 Å². The van der Waals surface area contributed by atoms with Crippen LogP contribution in [-0.4, -0.2) is 43.9 Å². The number of piperidine rings is 1. The first kappa shape index (κ1) is 17.3. The highest BCUT2D eigenvalue weighted by Gasteiger charge is 2.23. The zero-order valence-electron chi connectivity index (χ0n) is 13.9. The Labute approximate surface area is 151 Å². The van der Waals surface area contributed by atoms with E-state index in [1.165, 1.54) is 18.2 Å². The van der Waals surface area contributed by atoms with Gasteiger partial charge in [0.15, 0.2) is 11.0 Å². The summed E-state index contributed by atoms with van der Waals surface area (Å²) in [4.78, 5) is 14.4. The highest BCUT2D eigenvalue weighted by molar-refractivity contribution is 7.99. The van der Waals surface area contributed by atoms with Crippen LogP contribution in [0.1, 0.15) is 26.2 Å². The lowest BCUT2D eigenvalue weighted by Gasteiger charge is -2.33. The molecule has 0 aliphatic carbocycles. The third kappa shape index (κ3) is 3.75. The largest absolute Gasteiger partial charge is 0.339 e. The van der Waals surface area contributed by atoms with Crippen LogP contribution in [0.2, 0.25) is 5.02 Å². The fraction of sp³-hybridized carbons (Fsp3) is 0.471. The smallest absolute Gasteiger partial charge is 0.233 e. The Morgan fingerprint density at radius 3 is 2.75 bits per heavy atom. The van der Waals surface area contributed by atoms with Crippen LogP contribution < -0.4 is 0 Å². The SMILES string of the molecule is CC1CCCCN1C(=O)CSc1nnc(-c2ccc(Cl)cc2)n1C. The van der Waals surface area contributed by atoms with Gasteiger partial charge in [-0.3, -0.25) is 4.79 Å². The molecular formula is C17H21ClN4OS. The van der Waals surface area contributed by atoms with Crippen LogP contribution in [0.5, 0.6) is 0 Å². The number of carbonyl (C=O) groups is 1. The molecule has 1 aliphatic rings. The van der Waals surface area contributed by atoms with Gasteiger partial charge in [-0.25, -0.2) is 0 Å². The first-order valence-electron chi connectivity index (χ1n) is 8.14. The Morgan fingerprint density at radius 2 is 2.04 bits per heavy atom. The molecule has 1 amide bonds. The zero-order chi connectivity index (χ0) is 17.1. The summed E-state index contributed by atoms with van der Waals surface area (Å²) in [6.45, 7) is 3.00. The highest BCUT2D eigenvalue weighted by atomic mass is 35.5. The second-order valence-corrected chi connectivity index (χ2v) is 7.47. The predicted octanol–water partition coefficient (Wildman–Crippen LogP) is 3.63. The lowest BCUT2D eigenvalue weighted by Crippen LogP contribution is -2.42. The van der Waals surface area contributed by atoms with Gasteiger partial charge in [0.25, 0.3) is 0 Å². The maximum absolute atomic E-state index is 12.4. The lowest BCUT2D eigenvalue weighted by atomic mass is 10.0. The maximum Gasteiger partial charge on any atom is 0.233 e. The van der Waals surface area contributed by atoms with Crippen LogP contribution in [-0.2, 0) is 11.8 Å². The van der Waals surface area contributed by atoms with E-state index >= 15 is 0 Å². The van der Waals surface area contributed by atoms with Gasteiger partial charge in [0.1, 0.15) is 0 Å². The molecule has 2 aromatic rings. The van der Waals surface area contributed by atoms with E-state index in [2.05, 4.69) is 17.1 Å². The van der Waals surface area contributed by atoms with Crippen molar-refractivity contribution >= 4 is 29.3 Å². The number of aromatic nitrogens is 3. The lowest BCUT2D eigenvalue weighted by molar-refractivity contribution is -0.131. The Morgan fingerprint density at radius 1 is 1.29 bits per heavy atom. The number of hydrogen-bond acceptors (Lipinski definition) is 4. The minimum absolute atomic E-state index is 0.184. The molecule has 2 heterocycles. The molecule has 5 nitrogen and oxygen atoms in total. The normalized spacial score (nSPS) is 18.0. The average Bonchev–Trinajstić information content (AvgIpc) is 2.95. The van der Waals surface area contributed by atoms with Gasteiger partial charge in [-0.1, -0.05) is 23.4 Å². The summed E-state index contributed by atoms with van der Waals surface area (Å²) in [5, 5.41) is 9.91. The third-order valence-electron chi connectivity index (χ3n) is 4.39. The molecule has 128 valence electrons. The second kappa shape index (κ2) is 7.57. The number of hydrogen-bond donors (Lipinski definition) is 0. The van der Waals surface area contributed by atoms with Crippen molar-refractivity contribution < 1.29 is 4.79 Å². The monoisotopic (exact) mass is 364 g/mol. The molecule has 0 spiro atoms. The quantitative estimate of drug-likeness (QED) is 0.777. The maximum atomic E-state index is 12.4. The number of halogens is 1. The van der Waals surface area contributed by atoms with Crippen molar-refractivity contribution in [1.29, 1.82) is 0 Å². The minimum Gasteiger partial charge on any atom is -0.339 e. The van der Waals surface area contributed by atoms with Crippen molar-refractivity contribution in [2.45, 2.75) is 37.4 Å². The molecule has 0 radical (unpaired) electrons. The van der Waals surface area contributed by atoms with E-state index < -0.39 is 0 Å². The molecule has 1 aromatic carbocycles. The van der Waals surface area contributed by atoms with Crippen molar-refractivity contribution in [2.24, 2.45) is 7.05 Å². The zero-order valence-corrected chi connectivity index (χ0v) is 15.5.